The Labute approximate surface area is 148 Å². The van der Waals surface area contributed by atoms with Crippen molar-refractivity contribution in [2.75, 3.05) is 7.11 Å². The van der Waals surface area contributed by atoms with Crippen LogP contribution in [0.25, 0.3) is 0 Å². The molecule has 2 rings (SSSR count). The summed E-state index contributed by atoms with van der Waals surface area (Å²) in [7, 11) is 1.47. The van der Waals surface area contributed by atoms with Crippen molar-refractivity contribution in [2.24, 2.45) is 0 Å². The van der Waals surface area contributed by atoms with Crippen molar-refractivity contribution < 1.29 is 19.4 Å². The Morgan fingerprint density at radius 2 is 2.21 bits per heavy atom. The molecule has 0 bridgehead atoms. The monoisotopic (exact) mass is 368 g/mol. The second-order valence-corrected chi connectivity index (χ2v) is 6.35. The second-order valence-electron chi connectivity index (χ2n) is 5.00. The van der Waals surface area contributed by atoms with Gasteiger partial charge in [-0.3, -0.25) is 4.79 Å². The third-order valence-electron chi connectivity index (χ3n) is 3.30. The molecule has 0 saturated heterocycles. The van der Waals surface area contributed by atoms with Crippen molar-refractivity contribution in [2.45, 2.75) is 25.8 Å². The fraction of sp³-hybridized carbons (Fsp3) is 0.312. The van der Waals surface area contributed by atoms with Gasteiger partial charge in [0.25, 0.3) is 0 Å². The van der Waals surface area contributed by atoms with Gasteiger partial charge in [-0.05, 0) is 24.1 Å². The van der Waals surface area contributed by atoms with Crippen LogP contribution in [0.3, 0.4) is 0 Å². The Balaban J connectivity index is 2.11. The topological polar surface area (TPSA) is 88.5 Å². The van der Waals surface area contributed by atoms with Crippen LogP contribution >= 0.6 is 22.9 Å². The van der Waals surface area contributed by atoms with Crippen LogP contribution in [0.15, 0.2) is 23.6 Å². The van der Waals surface area contributed by atoms with Gasteiger partial charge < -0.3 is 15.2 Å². The summed E-state index contributed by atoms with van der Waals surface area (Å²) in [4.78, 5) is 27.9. The van der Waals surface area contributed by atoms with Crippen LogP contribution in [0, 0.1) is 0 Å². The van der Waals surface area contributed by atoms with Gasteiger partial charge in [0.05, 0.1) is 29.3 Å². The summed E-state index contributed by atoms with van der Waals surface area (Å²) in [5, 5.41) is 14.9. The Hall–Kier alpha value is -2.12. The minimum absolute atomic E-state index is 0.0319. The minimum Gasteiger partial charge on any atom is -0.495 e. The highest BCUT2D eigenvalue weighted by Gasteiger charge is 2.23. The van der Waals surface area contributed by atoms with Crippen LogP contribution < -0.4 is 10.1 Å². The van der Waals surface area contributed by atoms with E-state index in [1.54, 1.807) is 17.5 Å². The Morgan fingerprint density at radius 1 is 1.46 bits per heavy atom. The largest absolute Gasteiger partial charge is 0.495 e. The third kappa shape index (κ3) is 4.46. The molecule has 8 heteroatoms. The third-order valence-corrected chi connectivity index (χ3v) is 4.64. The van der Waals surface area contributed by atoms with Crippen LogP contribution in [-0.4, -0.2) is 29.1 Å². The Bertz CT molecular complexity index is 747. The quantitative estimate of drug-likeness (QED) is 0.784. The lowest BCUT2D eigenvalue weighted by Gasteiger charge is -2.15. The van der Waals surface area contributed by atoms with Crippen molar-refractivity contribution in [1.29, 1.82) is 0 Å². The lowest BCUT2D eigenvalue weighted by Crippen LogP contribution is -2.34. The number of hydrogen-bond acceptors (Lipinski definition) is 5. The van der Waals surface area contributed by atoms with Crippen LogP contribution in [0.2, 0.25) is 5.02 Å². The van der Waals surface area contributed by atoms with E-state index in [0.29, 0.717) is 17.0 Å². The number of rotatable bonds is 7. The minimum atomic E-state index is -1.19. The molecule has 24 heavy (non-hydrogen) atoms. The maximum absolute atomic E-state index is 12.1. The number of nitrogens with one attached hydrogen (secondary N) is 1. The first-order valence-electron chi connectivity index (χ1n) is 7.23. The van der Waals surface area contributed by atoms with Gasteiger partial charge in [-0.15, -0.1) is 11.3 Å². The predicted octanol–water partition coefficient (Wildman–Crippen LogP) is 2.85. The zero-order valence-electron chi connectivity index (χ0n) is 13.2. The predicted molar refractivity (Wildman–Crippen MR) is 91.7 cm³/mol. The summed E-state index contributed by atoms with van der Waals surface area (Å²) < 4.78 is 5.04. The molecule has 1 heterocycles. The number of carboxylic acid groups (broad SMARTS) is 1. The number of halogens is 1. The van der Waals surface area contributed by atoms with Gasteiger partial charge in [0.2, 0.25) is 5.91 Å². The summed E-state index contributed by atoms with van der Waals surface area (Å²) in [6, 6.07) is 3.40. The molecule has 6 nitrogen and oxygen atoms in total. The smallest absolute Gasteiger partial charge is 0.330 e. The second kappa shape index (κ2) is 8.12. The maximum atomic E-state index is 12.1. The highest BCUT2D eigenvalue weighted by Crippen LogP contribution is 2.27. The molecule has 0 aliphatic heterocycles. The van der Waals surface area contributed by atoms with Crippen molar-refractivity contribution in [3.63, 3.8) is 0 Å². The molecule has 1 unspecified atom stereocenters. The molecule has 2 N–H and O–H groups in total. The van der Waals surface area contributed by atoms with Gasteiger partial charge in [0, 0.05) is 5.38 Å². The number of carbonyl (C=O) groups is 2. The molecule has 0 fully saturated rings. The number of aryl methyl sites for hydroxylation is 1. The summed E-state index contributed by atoms with van der Waals surface area (Å²) in [6.45, 7) is 1.98. The number of benzene rings is 1. The summed E-state index contributed by atoms with van der Waals surface area (Å²) in [6.07, 6.45) is 0.832. The van der Waals surface area contributed by atoms with Crippen LogP contribution in [0.5, 0.6) is 5.75 Å². The van der Waals surface area contributed by atoms with E-state index < -0.39 is 17.9 Å². The maximum Gasteiger partial charge on any atom is 0.330 e. The van der Waals surface area contributed by atoms with E-state index in [9.17, 15) is 14.7 Å². The number of aromatic nitrogens is 1. The molecule has 1 aromatic heterocycles. The first-order chi connectivity index (χ1) is 11.4. The molecule has 0 spiro atoms. The van der Waals surface area contributed by atoms with Gasteiger partial charge in [-0.25, -0.2) is 9.78 Å². The van der Waals surface area contributed by atoms with E-state index in [-0.39, 0.29) is 11.4 Å². The van der Waals surface area contributed by atoms with E-state index in [1.807, 2.05) is 6.92 Å². The first kappa shape index (κ1) is 18.2. The van der Waals surface area contributed by atoms with Gasteiger partial charge >= 0.3 is 5.97 Å². The number of ether oxygens (including phenoxy) is 1. The molecule has 128 valence electrons. The SMILES string of the molecule is CCc1nc(CC(=O)NC(C(=O)O)c2ccc(OC)c(Cl)c2)cs1. The number of methoxy groups -OCH3 is 1. The van der Waals surface area contributed by atoms with Gasteiger partial charge in [-0.2, -0.15) is 0 Å². The average molecular weight is 369 g/mol. The highest BCUT2D eigenvalue weighted by atomic mass is 35.5. The van der Waals surface area contributed by atoms with Crippen molar-refractivity contribution in [3.05, 3.63) is 44.9 Å². The molecule has 1 amide bonds. The standard InChI is InChI=1S/C16H17ClN2O4S/c1-3-14-18-10(8-24-14)7-13(20)19-15(16(21)22)9-4-5-12(23-2)11(17)6-9/h4-6,8,15H,3,7H2,1-2H3,(H,19,20)(H,21,22). The number of thiazole rings is 1. The van der Waals surface area contributed by atoms with Crippen LogP contribution in [0.1, 0.15) is 29.2 Å². The fourth-order valence-corrected chi connectivity index (χ4v) is 3.13. The van der Waals surface area contributed by atoms with Crippen molar-refractivity contribution in [3.8, 4) is 5.75 Å². The van der Waals surface area contributed by atoms with E-state index in [1.165, 1.54) is 24.5 Å². The van der Waals surface area contributed by atoms with Crippen LogP contribution in [0.4, 0.5) is 0 Å². The van der Waals surface area contributed by atoms with Crippen LogP contribution in [-0.2, 0) is 22.4 Å². The number of carbonyl (C=O) groups excluding carboxylic acids is 1. The van der Waals surface area contributed by atoms with E-state index in [4.69, 9.17) is 16.3 Å². The van der Waals surface area contributed by atoms with Crippen molar-refractivity contribution >= 4 is 34.8 Å². The zero-order valence-corrected chi connectivity index (χ0v) is 14.8. The Kier molecular flexibility index (Phi) is 6.16. The van der Waals surface area contributed by atoms with E-state index in [2.05, 4.69) is 10.3 Å². The fourth-order valence-electron chi connectivity index (χ4n) is 2.12. The normalized spacial score (nSPS) is 11.8. The van der Waals surface area contributed by atoms with E-state index in [0.717, 1.165) is 11.4 Å². The van der Waals surface area contributed by atoms with E-state index >= 15 is 0 Å². The summed E-state index contributed by atoms with van der Waals surface area (Å²) in [5.74, 6) is -1.15. The number of aliphatic carboxylic acids is 1. The molecule has 1 atom stereocenters. The molecule has 0 aliphatic rings. The lowest BCUT2D eigenvalue weighted by atomic mass is 10.1. The number of amides is 1. The zero-order chi connectivity index (χ0) is 17.7. The van der Waals surface area contributed by atoms with Gasteiger partial charge in [-0.1, -0.05) is 24.6 Å². The molecular weight excluding hydrogens is 352 g/mol. The summed E-state index contributed by atoms with van der Waals surface area (Å²) >= 11 is 7.50. The first-order valence-corrected chi connectivity index (χ1v) is 8.49. The number of nitrogens with zero attached hydrogens (tertiary/aromatic N) is 1. The molecule has 1 aromatic carbocycles. The Morgan fingerprint density at radius 3 is 2.75 bits per heavy atom. The highest BCUT2D eigenvalue weighted by molar-refractivity contribution is 7.09. The van der Waals surface area contributed by atoms with Gasteiger partial charge in [0.15, 0.2) is 6.04 Å². The lowest BCUT2D eigenvalue weighted by molar-refractivity contribution is -0.142. The molecule has 0 radical (unpaired) electrons. The average Bonchev–Trinajstić information content (AvgIpc) is 2.99. The molecule has 0 aliphatic carbocycles. The van der Waals surface area contributed by atoms with Crippen molar-refractivity contribution in [1.82, 2.24) is 10.3 Å². The number of carboxylic acids is 1. The summed E-state index contributed by atoms with van der Waals surface area (Å²) in [5.41, 5.74) is 1.00. The number of hydrogen-bond donors (Lipinski definition) is 2. The molecular formula is C16H17ClN2O4S. The molecule has 2 aromatic rings. The molecule has 0 saturated carbocycles. The van der Waals surface area contributed by atoms with Gasteiger partial charge in [0.1, 0.15) is 5.75 Å².